The minimum atomic E-state index is -0.659. The first-order chi connectivity index (χ1) is 8.54. The maximum Gasteiger partial charge on any atom is 0.167 e. The summed E-state index contributed by atoms with van der Waals surface area (Å²) in [7, 11) is 0. The van der Waals surface area contributed by atoms with Crippen LogP contribution in [0.1, 0.15) is 27.2 Å². The van der Waals surface area contributed by atoms with E-state index in [1.165, 1.54) is 12.1 Å². The van der Waals surface area contributed by atoms with Crippen molar-refractivity contribution < 1.29 is 13.5 Å². The molecule has 2 nitrogen and oxygen atoms in total. The predicted molar refractivity (Wildman–Crippen MR) is 68.8 cm³/mol. The number of halogens is 2. The lowest BCUT2D eigenvalue weighted by Crippen LogP contribution is -2.39. The molecule has 0 heterocycles. The topological polar surface area (TPSA) is 21.3 Å². The Labute approximate surface area is 107 Å². The summed E-state index contributed by atoms with van der Waals surface area (Å²) in [6, 6.07) is 3.51. The fraction of sp³-hybridized carbons (Fsp3) is 0.571. The molecule has 0 aromatic heterocycles. The van der Waals surface area contributed by atoms with Gasteiger partial charge in [-0.25, -0.2) is 8.78 Å². The Morgan fingerprint density at radius 2 is 2.00 bits per heavy atom. The Hall–Kier alpha value is -1.16. The van der Waals surface area contributed by atoms with E-state index in [1.807, 2.05) is 0 Å². The van der Waals surface area contributed by atoms with Crippen LogP contribution >= 0.6 is 0 Å². The fourth-order valence-electron chi connectivity index (χ4n) is 1.59. The van der Waals surface area contributed by atoms with Crippen molar-refractivity contribution in [1.29, 1.82) is 0 Å². The average molecular weight is 257 g/mol. The Balaban J connectivity index is 2.55. The summed E-state index contributed by atoms with van der Waals surface area (Å²) in [5.41, 5.74) is 0. The number of hydrogen-bond donors (Lipinski definition) is 1. The minimum Gasteiger partial charge on any atom is -0.489 e. The van der Waals surface area contributed by atoms with Crippen molar-refractivity contribution in [2.24, 2.45) is 5.92 Å². The molecule has 4 heteroatoms. The Bertz CT molecular complexity index is 369. The van der Waals surface area contributed by atoms with Crippen molar-refractivity contribution in [1.82, 2.24) is 5.32 Å². The van der Waals surface area contributed by atoms with E-state index in [0.717, 1.165) is 19.0 Å². The lowest BCUT2D eigenvalue weighted by Gasteiger charge is -2.22. The summed E-state index contributed by atoms with van der Waals surface area (Å²) < 4.78 is 31.5. The molecule has 1 aromatic rings. The van der Waals surface area contributed by atoms with Gasteiger partial charge < -0.3 is 10.1 Å². The van der Waals surface area contributed by atoms with Crippen molar-refractivity contribution in [2.45, 2.75) is 33.2 Å². The highest BCUT2D eigenvalue weighted by Gasteiger charge is 2.14. The van der Waals surface area contributed by atoms with Gasteiger partial charge in [-0.05, 0) is 31.0 Å². The van der Waals surface area contributed by atoms with Gasteiger partial charge in [0.2, 0.25) is 0 Å². The third-order valence-corrected chi connectivity index (χ3v) is 2.77. The molecular formula is C14H21F2NO. The Morgan fingerprint density at radius 1 is 1.28 bits per heavy atom. The molecule has 0 amide bonds. The number of benzene rings is 1. The van der Waals surface area contributed by atoms with Gasteiger partial charge in [0, 0.05) is 12.1 Å². The minimum absolute atomic E-state index is 0.0975. The standard InChI is InChI=1S/C14H21F2NO/c1-4-7-17-13(10(2)3)9-18-14-6-5-11(15)8-12(14)16/h5-6,8,10,13,17H,4,7,9H2,1-3H3. The summed E-state index contributed by atoms with van der Waals surface area (Å²) in [4.78, 5) is 0. The summed E-state index contributed by atoms with van der Waals surface area (Å²) >= 11 is 0. The maximum absolute atomic E-state index is 13.4. The molecule has 0 aliphatic heterocycles. The summed E-state index contributed by atoms with van der Waals surface area (Å²) in [6.45, 7) is 7.53. The van der Waals surface area contributed by atoms with Gasteiger partial charge in [0.1, 0.15) is 12.4 Å². The monoisotopic (exact) mass is 257 g/mol. The maximum atomic E-state index is 13.4. The molecule has 0 saturated carbocycles. The summed E-state index contributed by atoms with van der Waals surface area (Å²) in [5.74, 6) is -0.766. The molecule has 0 saturated heterocycles. The van der Waals surface area contributed by atoms with Gasteiger partial charge in [0.25, 0.3) is 0 Å². The third kappa shape index (κ3) is 4.61. The van der Waals surface area contributed by atoms with E-state index in [1.54, 1.807) is 0 Å². The van der Waals surface area contributed by atoms with Crippen LogP contribution in [0.3, 0.4) is 0 Å². The van der Waals surface area contributed by atoms with Crippen molar-refractivity contribution >= 4 is 0 Å². The average Bonchev–Trinajstić information content (AvgIpc) is 2.31. The van der Waals surface area contributed by atoms with Crippen molar-refractivity contribution in [2.75, 3.05) is 13.2 Å². The highest BCUT2D eigenvalue weighted by molar-refractivity contribution is 5.24. The van der Waals surface area contributed by atoms with Crippen LogP contribution in [0.25, 0.3) is 0 Å². The van der Waals surface area contributed by atoms with Gasteiger partial charge in [0.15, 0.2) is 11.6 Å². The van der Waals surface area contributed by atoms with Crippen molar-refractivity contribution in [3.63, 3.8) is 0 Å². The highest BCUT2D eigenvalue weighted by atomic mass is 19.1. The van der Waals surface area contributed by atoms with E-state index in [9.17, 15) is 8.78 Å². The first-order valence-electron chi connectivity index (χ1n) is 6.35. The van der Waals surface area contributed by atoms with E-state index in [4.69, 9.17) is 4.74 Å². The zero-order valence-electron chi connectivity index (χ0n) is 11.2. The van der Waals surface area contributed by atoms with E-state index < -0.39 is 11.6 Å². The second-order valence-electron chi connectivity index (χ2n) is 4.69. The van der Waals surface area contributed by atoms with Gasteiger partial charge >= 0.3 is 0 Å². The number of ether oxygens (including phenoxy) is 1. The zero-order chi connectivity index (χ0) is 13.5. The predicted octanol–water partition coefficient (Wildman–Crippen LogP) is 3.37. The first-order valence-corrected chi connectivity index (χ1v) is 6.35. The smallest absolute Gasteiger partial charge is 0.167 e. The molecule has 1 rings (SSSR count). The van der Waals surface area contributed by atoms with Crippen molar-refractivity contribution in [3.8, 4) is 5.75 Å². The van der Waals surface area contributed by atoms with E-state index in [-0.39, 0.29) is 11.8 Å². The first kappa shape index (κ1) is 14.9. The van der Waals surface area contributed by atoms with Crippen molar-refractivity contribution in [3.05, 3.63) is 29.8 Å². The van der Waals surface area contributed by atoms with Gasteiger partial charge in [-0.2, -0.15) is 0 Å². The molecule has 1 unspecified atom stereocenters. The van der Waals surface area contributed by atoms with Crippen LogP contribution in [0, 0.1) is 17.6 Å². The fourth-order valence-corrected chi connectivity index (χ4v) is 1.59. The summed E-state index contributed by atoms with van der Waals surface area (Å²) in [6.07, 6.45) is 1.04. The largest absolute Gasteiger partial charge is 0.489 e. The van der Waals surface area contributed by atoms with Gasteiger partial charge in [-0.3, -0.25) is 0 Å². The van der Waals surface area contributed by atoms with Crippen LogP contribution in [0.15, 0.2) is 18.2 Å². The third-order valence-electron chi connectivity index (χ3n) is 2.77. The molecule has 1 N–H and O–H groups in total. The van der Waals surface area contributed by atoms with Crippen LogP contribution in [0.2, 0.25) is 0 Å². The molecule has 0 bridgehead atoms. The SMILES string of the molecule is CCCNC(COc1ccc(F)cc1F)C(C)C. The van der Waals surface area contributed by atoms with Crippen LogP contribution < -0.4 is 10.1 Å². The zero-order valence-corrected chi connectivity index (χ0v) is 11.2. The molecular weight excluding hydrogens is 236 g/mol. The van der Waals surface area contributed by atoms with Crippen LogP contribution in [0.4, 0.5) is 8.78 Å². The molecule has 0 radical (unpaired) electrons. The molecule has 1 atom stereocenters. The molecule has 102 valence electrons. The number of rotatable bonds is 7. The lowest BCUT2D eigenvalue weighted by atomic mass is 10.1. The molecule has 1 aromatic carbocycles. The molecule has 0 spiro atoms. The van der Waals surface area contributed by atoms with Gasteiger partial charge in [-0.15, -0.1) is 0 Å². The van der Waals surface area contributed by atoms with Gasteiger partial charge in [-0.1, -0.05) is 20.8 Å². The molecule has 0 aliphatic rings. The number of nitrogens with one attached hydrogen (secondary N) is 1. The van der Waals surface area contributed by atoms with Crippen LogP contribution in [-0.2, 0) is 0 Å². The molecule has 0 fully saturated rings. The van der Waals surface area contributed by atoms with E-state index in [0.29, 0.717) is 12.5 Å². The van der Waals surface area contributed by atoms with Gasteiger partial charge in [0.05, 0.1) is 0 Å². The lowest BCUT2D eigenvalue weighted by molar-refractivity contribution is 0.222. The molecule has 18 heavy (non-hydrogen) atoms. The quantitative estimate of drug-likeness (QED) is 0.808. The summed E-state index contributed by atoms with van der Waals surface area (Å²) in [5, 5.41) is 3.35. The van der Waals surface area contributed by atoms with Crippen LogP contribution in [0.5, 0.6) is 5.75 Å². The normalized spacial score (nSPS) is 12.8. The van der Waals surface area contributed by atoms with Crippen LogP contribution in [-0.4, -0.2) is 19.2 Å². The Kier molecular flexibility index (Phi) is 6.05. The Morgan fingerprint density at radius 3 is 2.56 bits per heavy atom. The molecule has 0 aliphatic carbocycles. The second kappa shape index (κ2) is 7.31. The second-order valence-corrected chi connectivity index (χ2v) is 4.69. The highest BCUT2D eigenvalue weighted by Crippen LogP contribution is 2.18. The van der Waals surface area contributed by atoms with E-state index in [2.05, 4.69) is 26.1 Å². The van der Waals surface area contributed by atoms with E-state index >= 15 is 0 Å². The number of hydrogen-bond acceptors (Lipinski definition) is 2.